The molecule has 0 spiro atoms. The number of aromatic amines is 1. The molecule has 4 rings (SSSR count). The number of anilines is 1. The van der Waals surface area contributed by atoms with Gasteiger partial charge in [0.15, 0.2) is 5.11 Å². The Morgan fingerprint density at radius 3 is 2.39 bits per heavy atom. The van der Waals surface area contributed by atoms with Gasteiger partial charge in [-0.15, -0.1) is 0 Å². The van der Waals surface area contributed by atoms with Gasteiger partial charge in [-0.3, -0.25) is 10.1 Å². The van der Waals surface area contributed by atoms with E-state index in [2.05, 4.69) is 36.5 Å². The van der Waals surface area contributed by atoms with Crippen molar-refractivity contribution in [2.24, 2.45) is 0 Å². The van der Waals surface area contributed by atoms with Crippen molar-refractivity contribution in [2.45, 2.75) is 0 Å². The summed E-state index contributed by atoms with van der Waals surface area (Å²) >= 11 is 8.58. The van der Waals surface area contributed by atoms with E-state index in [-0.39, 0.29) is 11.0 Å². The summed E-state index contributed by atoms with van der Waals surface area (Å²) in [6, 6.07) is 22.6. The summed E-state index contributed by atoms with van der Waals surface area (Å²) in [5, 5.41) is 5.93. The predicted octanol–water partition coefficient (Wildman–Crippen LogP) is 5.12. The van der Waals surface area contributed by atoms with E-state index < -0.39 is 0 Å². The van der Waals surface area contributed by atoms with Gasteiger partial charge in [0.25, 0.3) is 5.91 Å². The Hall–Kier alpha value is -3.03. The summed E-state index contributed by atoms with van der Waals surface area (Å²) in [7, 11) is 0. The molecule has 7 heteroatoms. The molecule has 3 aromatic carbocycles. The zero-order valence-electron chi connectivity index (χ0n) is 14.6. The first kappa shape index (κ1) is 18.3. The van der Waals surface area contributed by atoms with Gasteiger partial charge in [-0.1, -0.05) is 28.1 Å². The maximum atomic E-state index is 12.2. The van der Waals surface area contributed by atoms with Gasteiger partial charge in [0, 0.05) is 21.3 Å². The highest BCUT2D eigenvalue weighted by Crippen LogP contribution is 2.22. The van der Waals surface area contributed by atoms with Crippen molar-refractivity contribution in [3.8, 4) is 11.4 Å². The molecule has 3 N–H and O–H groups in total. The van der Waals surface area contributed by atoms with Gasteiger partial charge in [-0.25, -0.2) is 4.98 Å². The van der Waals surface area contributed by atoms with Crippen molar-refractivity contribution < 1.29 is 4.79 Å². The van der Waals surface area contributed by atoms with Crippen molar-refractivity contribution in [3.05, 3.63) is 82.8 Å². The number of thiocarbonyl (C=S) groups is 1. The first-order chi connectivity index (χ1) is 13.6. The van der Waals surface area contributed by atoms with Crippen LogP contribution >= 0.6 is 28.1 Å². The van der Waals surface area contributed by atoms with Crippen LogP contribution in [0, 0.1) is 0 Å². The normalized spacial score (nSPS) is 10.6. The molecule has 0 radical (unpaired) electrons. The number of amides is 1. The van der Waals surface area contributed by atoms with Gasteiger partial charge in [-0.05, 0) is 72.9 Å². The van der Waals surface area contributed by atoms with E-state index in [0.717, 1.165) is 32.6 Å². The van der Waals surface area contributed by atoms with Crippen LogP contribution in [0.15, 0.2) is 77.3 Å². The minimum absolute atomic E-state index is 0.240. The van der Waals surface area contributed by atoms with Gasteiger partial charge in [-0.2, -0.15) is 0 Å². The molecule has 1 aromatic heterocycles. The van der Waals surface area contributed by atoms with Crippen molar-refractivity contribution >= 4 is 55.9 Å². The Labute approximate surface area is 175 Å². The number of aromatic nitrogens is 2. The van der Waals surface area contributed by atoms with Crippen LogP contribution < -0.4 is 10.6 Å². The van der Waals surface area contributed by atoms with E-state index in [1.165, 1.54) is 0 Å². The third-order valence-corrected chi connectivity index (χ3v) is 4.87. The van der Waals surface area contributed by atoms with Crippen LogP contribution in [0.2, 0.25) is 0 Å². The van der Waals surface area contributed by atoms with Crippen LogP contribution in [0.3, 0.4) is 0 Å². The van der Waals surface area contributed by atoms with E-state index in [4.69, 9.17) is 12.2 Å². The lowest BCUT2D eigenvalue weighted by atomic mass is 10.2. The van der Waals surface area contributed by atoms with E-state index in [0.29, 0.717) is 5.56 Å². The van der Waals surface area contributed by atoms with E-state index >= 15 is 0 Å². The van der Waals surface area contributed by atoms with Gasteiger partial charge >= 0.3 is 0 Å². The largest absolute Gasteiger partial charge is 0.338 e. The number of benzene rings is 3. The summed E-state index contributed by atoms with van der Waals surface area (Å²) in [5.41, 5.74) is 4.20. The summed E-state index contributed by atoms with van der Waals surface area (Å²) in [5.74, 6) is 0.544. The Morgan fingerprint density at radius 1 is 0.964 bits per heavy atom. The molecule has 0 aliphatic rings. The van der Waals surface area contributed by atoms with Crippen molar-refractivity contribution in [1.29, 1.82) is 0 Å². The second-order valence-electron chi connectivity index (χ2n) is 6.10. The summed E-state index contributed by atoms with van der Waals surface area (Å²) in [6.45, 7) is 0. The minimum Gasteiger partial charge on any atom is -0.338 e. The zero-order chi connectivity index (χ0) is 19.5. The molecule has 28 heavy (non-hydrogen) atoms. The lowest BCUT2D eigenvalue weighted by Gasteiger charge is -2.10. The lowest BCUT2D eigenvalue weighted by Crippen LogP contribution is -2.34. The first-order valence-corrected chi connectivity index (χ1v) is 9.72. The number of nitrogens with zero attached hydrogens (tertiary/aromatic N) is 1. The summed E-state index contributed by atoms with van der Waals surface area (Å²) in [6.07, 6.45) is 0. The summed E-state index contributed by atoms with van der Waals surface area (Å²) < 4.78 is 0.911. The van der Waals surface area contributed by atoms with Gasteiger partial charge < -0.3 is 10.3 Å². The number of H-pyrrole nitrogens is 1. The topological polar surface area (TPSA) is 69.8 Å². The molecular weight excluding hydrogens is 436 g/mol. The zero-order valence-corrected chi connectivity index (χ0v) is 17.0. The van der Waals surface area contributed by atoms with Crippen LogP contribution in [0.5, 0.6) is 0 Å². The second-order valence-corrected chi connectivity index (χ2v) is 7.42. The molecule has 5 nitrogen and oxygen atoms in total. The smallest absolute Gasteiger partial charge is 0.257 e. The molecule has 0 aliphatic carbocycles. The lowest BCUT2D eigenvalue weighted by molar-refractivity contribution is 0.0977. The molecular formula is C21H15BrN4OS. The van der Waals surface area contributed by atoms with Crippen LogP contribution in [0.25, 0.3) is 22.4 Å². The molecule has 0 atom stereocenters. The van der Waals surface area contributed by atoms with E-state index in [1.807, 2.05) is 60.7 Å². The minimum atomic E-state index is -0.260. The number of para-hydroxylation sites is 2. The highest BCUT2D eigenvalue weighted by Gasteiger charge is 2.09. The Kier molecular flexibility index (Phi) is 5.18. The quantitative estimate of drug-likeness (QED) is 0.379. The third kappa shape index (κ3) is 4.11. The van der Waals surface area contributed by atoms with Gasteiger partial charge in [0.05, 0.1) is 11.0 Å². The molecule has 1 amide bonds. The molecule has 1 heterocycles. The number of imidazole rings is 1. The third-order valence-electron chi connectivity index (χ3n) is 4.14. The Balaban J connectivity index is 1.41. The van der Waals surface area contributed by atoms with E-state index in [9.17, 15) is 4.79 Å². The number of halogens is 1. The fourth-order valence-corrected chi connectivity index (χ4v) is 3.21. The number of carbonyl (C=O) groups is 1. The fraction of sp³-hybridized carbons (Fsp3) is 0. The Morgan fingerprint density at radius 2 is 1.68 bits per heavy atom. The number of hydrogen-bond acceptors (Lipinski definition) is 3. The van der Waals surface area contributed by atoms with Gasteiger partial charge in [0.2, 0.25) is 0 Å². The molecule has 138 valence electrons. The molecule has 0 unspecified atom stereocenters. The van der Waals surface area contributed by atoms with Crippen molar-refractivity contribution in [3.63, 3.8) is 0 Å². The molecule has 4 aromatic rings. The average Bonchev–Trinajstić information content (AvgIpc) is 3.13. The maximum Gasteiger partial charge on any atom is 0.257 e. The first-order valence-electron chi connectivity index (χ1n) is 8.51. The maximum absolute atomic E-state index is 12.2. The number of hydrogen-bond donors (Lipinski definition) is 3. The van der Waals surface area contributed by atoms with E-state index in [1.54, 1.807) is 12.1 Å². The standard InChI is InChI=1S/C21H15BrN4OS/c22-15-9-5-14(6-10-15)20(27)26-21(28)23-16-11-7-13(8-12-16)19-24-17-3-1-2-4-18(17)25-19/h1-12H,(H,24,25)(H2,23,26,27,28). The fourth-order valence-electron chi connectivity index (χ4n) is 2.74. The van der Waals surface area contributed by atoms with Gasteiger partial charge in [0.1, 0.15) is 5.82 Å². The summed E-state index contributed by atoms with van der Waals surface area (Å²) in [4.78, 5) is 20.1. The predicted molar refractivity (Wildman–Crippen MR) is 119 cm³/mol. The highest BCUT2D eigenvalue weighted by molar-refractivity contribution is 9.10. The molecule has 0 bridgehead atoms. The number of rotatable bonds is 3. The SMILES string of the molecule is O=C(NC(=S)Nc1ccc(-c2nc3ccccc3[nH]2)cc1)c1ccc(Br)cc1. The Bertz CT molecular complexity index is 1120. The number of nitrogens with one attached hydrogen (secondary N) is 3. The molecule has 0 saturated carbocycles. The monoisotopic (exact) mass is 450 g/mol. The number of fused-ring (bicyclic) bond motifs is 1. The average molecular weight is 451 g/mol. The highest BCUT2D eigenvalue weighted by atomic mass is 79.9. The molecule has 0 fully saturated rings. The van der Waals surface area contributed by atoms with Crippen molar-refractivity contribution in [2.75, 3.05) is 5.32 Å². The van der Waals surface area contributed by atoms with Crippen LogP contribution in [0.1, 0.15) is 10.4 Å². The second kappa shape index (κ2) is 7.92. The van der Waals surface area contributed by atoms with Crippen LogP contribution in [-0.4, -0.2) is 21.0 Å². The number of carbonyl (C=O) groups excluding carboxylic acids is 1. The molecule has 0 aliphatic heterocycles. The van der Waals surface area contributed by atoms with Crippen LogP contribution in [0.4, 0.5) is 5.69 Å². The molecule has 0 saturated heterocycles. The van der Waals surface area contributed by atoms with Crippen LogP contribution in [-0.2, 0) is 0 Å². The van der Waals surface area contributed by atoms with Crippen molar-refractivity contribution in [1.82, 2.24) is 15.3 Å².